The number of amides is 1. The van der Waals surface area contributed by atoms with E-state index in [-0.39, 0.29) is 5.91 Å². The highest BCUT2D eigenvalue weighted by Crippen LogP contribution is 2.24. The molecule has 1 aliphatic rings. The van der Waals surface area contributed by atoms with Gasteiger partial charge >= 0.3 is 0 Å². The Balaban J connectivity index is 2.16. The lowest BCUT2D eigenvalue weighted by atomic mass is 9.97. The van der Waals surface area contributed by atoms with Gasteiger partial charge in [0, 0.05) is 13.1 Å². The summed E-state index contributed by atoms with van der Waals surface area (Å²) >= 11 is 0. The Labute approximate surface area is 118 Å². The Morgan fingerprint density at radius 3 is 3.05 bits per heavy atom. The number of rotatable bonds is 4. The van der Waals surface area contributed by atoms with Gasteiger partial charge < -0.3 is 15.0 Å². The van der Waals surface area contributed by atoms with E-state index in [1.165, 1.54) is 25.3 Å². The molecule has 0 saturated carbocycles. The Morgan fingerprint density at radius 2 is 2.35 bits per heavy atom. The van der Waals surface area contributed by atoms with Crippen LogP contribution in [0.3, 0.4) is 0 Å². The molecule has 2 rings (SSSR count). The summed E-state index contributed by atoms with van der Waals surface area (Å²) in [6, 6.07) is 4.05. The number of piperidine rings is 1. The van der Waals surface area contributed by atoms with Gasteiger partial charge in [-0.2, -0.15) is 0 Å². The first kappa shape index (κ1) is 14.8. The summed E-state index contributed by atoms with van der Waals surface area (Å²) in [7, 11) is 3.40. The second-order valence-electron chi connectivity index (χ2n) is 5.16. The van der Waals surface area contributed by atoms with E-state index in [0.717, 1.165) is 25.9 Å². The standard InChI is InChI=1S/C15H21FN2O2/c1-17-9-11-4-3-7-18(10-11)15(19)13-8-12(16)5-6-14(13)20-2/h5-6,8,11,17H,3-4,7,9-10H2,1-2H3. The number of nitrogens with zero attached hydrogens (tertiary/aromatic N) is 1. The second-order valence-corrected chi connectivity index (χ2v) is 5.16. The number of likely N-dealkylation sites (tertiary alicyclic amines) is 1. The van der Waals surface area contributed by atoms with Crippen molar-refractivity contribution < 1.29 is 13.9 Å². The largest absolute Gasteiger partial charge is 0.496 e. The lowest BCUT2D eigenvalue weighted by Gasteiger charge is -2.33. The SMILES string of the molecule is CNCC1CCCN(C(=O)c2cc(F)ccc2OC)C1. The molecular formula is C15H21FN2O2. The van der Waals surface area contributed by atoms with E-state index in [2.05, 4.69) is 5.32 Å². The molecule has 1 heterocycles. The quantitative estimate of drug-likeness (QED) is 0.916. The first-order chi connectivity index (χ1) is 9.65. The summed E-state index contributed by atoms with van der Waals surface area (Å²) in [6.45, 7) is 2.32. The van der Waals surface area contributed by atoms with Crippen LogP contribution in [0.5, 0.6) is 5.75 Å². The zero-order valence-corrected chi connectivity index (χ0v) is 12.0. The molecule has 1 saturated heterocycles. The summed E-state index contributed by atoms with van der Waals surface area (Å²) in [5, 5.41) is 3.15. The first-order valence-corrected chi connectivity index (χ1v) is 6.93. The fourth-order valence-corrected chi connectivity index (χ4v) is 2.72. The highest BCUT2D eigenvalue weighted by atomic mass is 19.1. The first-order valence-electron chi connectivity index (χ1n) is 6.93. The molecule has 1 aromatic rings. The maximum Gasteiger partial charge on any atom is 0.257 e. The van der Waals surface area contributed by atoms with Crippen molar-refractivity contribution in [2.24, 2.45) is 5.92 Å². The molecule has 1 N–H and O–H groups in total. The van der Waals surface area contributed by atoms with Gasteiger partial charge in [-0.05, 0) is 50.6 Å². The van der Waals surface area contributed by atoms with Gasteiger partial charge in [0.2, 0.25) is 0 Å². The van der Waals surface area contributed by atoms with Gasteiger partial charge in [0.25, 0.3) is 5.91 Å². The summed E-state index contributed by atoms with van der Waals surface area (Å²) in [5.41, 5.74) is 0.303. The predicted molar refractivity (Wildman–Crippen MR) is 75.5 cm³/mol. The fourth-order valence-electron chi connectivity index (χ4n) is 2.72. The number of benzene rings is 1. The van der Waals surface area contributed by atoms with Crippen LogP contribution in [0.15, 0.2) is 18.2 Å². The van der Waals surface area contributed by atoms with Crippen molar-refractivity contribution in [3.8, 4) is 5.75 Å². The number of halogens is 1. The maximum absolute atomic E-state index is 13.4. The van der Waals surface area contributed by atoms with Gasteiger partial charge in [0.15, 0.2) is 0 Å². The molecule has 1 aromatic carbocycles. The number of ether oxygens (including phenoxy) is 1. The van der Waals surface area contributed by atoms with Crippen LogP contribution in [-0.2, 0) is 0 Å². The monoisotopic (exact) mass is 280 g/mol. The van der Waals surface area contributed by atoms with E-state index < -0.39 is 5.82 Å². The highest BCUT2D eigenvalue weighted by molar-refractivity contribution is 5.97. The maximum atomic E-state index is 13.4. The molecular weight excluding hydrogens is 259 g/mol. The van der Waals surface area contributed by atoms with Crippen LogP contribution in [-0.4, -0.2) is 44.6 Å². The van der Waals surface area contributed by atoms with E-state index >= 15 is 0 Å². The number of carbonyl (C=O) groups excluding carboxylic acids is 1. The fraction of sp³-hybridized carbons (Fsp3) is 0.533. The molecule has 1 aliphatic heterocycles. The Bertz CT molecular complexity index is 477. The average Bonchev–Trinajstić information content (AvgIpc) is 2.47. The number of hydrogen-bond acceptors (Lipinski definition) is 3. The number of nitrogens with one attached hydrogen (secondary N) is 1. The molecule has 0 aromatic heterocycles. The van der Waals surface area contributed by atoms with Crippen molar-refractivity contribution in [2.45, 2.75) is 12.8 Å². The minimum atomic E-state index is -0.419. The van der Waals surface area contributed by atoms with Crippen LogP contribution in [0.4, 0.5) is 4.39 Å². The van der Waals surface area contributed by atoms with Crippen LogP contribution in [0.2, 0.25) is 0 Å². The molecule has 4 nitrogen and oxygen atoms in total. The van der Waals surface area contributed by atoms with Gasteiger partial charge in [0.1, 0.15) is 11.6 Å². The minimum Gasteiger partial charge on any atom is -0.496 e. The van der Waals surface area contributed by atoms with E-state index in [1.54, 1.807) is 4.90 Å². The molecule has 0 radical (unpaired) electrons. The average molecular weight is 280 g/mol. The zero-order chi connectivity index (χ0) is 14.5. The van der Waals surface area contributed by atoms with E-state index in [1.807, 2.05) is 7.05 Å². The molecule has 110 valence electrons. The molecule has 0 bridgehead atoms. The summed E-state index contributed by atoms with van der Waals surface area (Å²) in [4.78, 5) is 14.3. The van der Waals surface area contributed by atoms with Crippen molar-refractivity contribution in [3.05, 3.63) is 29.6 Å². The normalized spacial score (nSPS) is 18.9. The van der Waals surface area contributed by atoms with Gasteiger partial charge in [-0.1, -0.05) is 0 Å². The van der Waals surface area contributed by atoms with Gasteiger partial charge in [-0.15, -0.1) is 0 Å². The van der Waals surface area contributed by atoms with Crippen LogP contribution in [0.1, 0.15) is 23.2 Å². The lowest BCUT2D eigenvalue weighted by Crippen LogP contribution is -2.42. The van der Waals surface area contributed by atoms with Crippen LogP contribution in [0, 0.1) is 11.7 Å². The number of hydrogen-bond donors (Lipinski definition) is 1. The lowest BCUT2D eigenvalue weighted by molar-refractivity contribution is 0.0670. The number of methoxy groups -OCH3 is 1. The summed E-state index contributed by atoms with van der Waals surface area (Å²) in [6.07, 6.45) is 2.10. The third kappa shape index (κ3) is 3.28. The molecule has 5 heteroatoms. The molecule has 1 fully saturated rings. The predicted octanol–water partition coefficient (Wildman–Crippen LogP) is 1.91. The Hall–Kier alpha value is -1.62. The van der Waals surface area contributed by atoms with E-state index in [4.69, 9.17) is 4.74 Å². The topological polar surface area (TPSA) is 41.6 Å². The van der Waals surface area contributed by atoms with Gasteiger partial charge in [-0.3, -0.25) is 4.79 Å². The zero-order valence-electron chi connectivity index (χ0n) is 12.0. The van der Waals surface area contributed by atoms with E-state index in [0.29, 0.717) is 23.8 Å². The Kier molecular flexibility index (Phi) is 4.95. The van der Waals surface area contributed by atoms with Gasteiger partial charge in [0.05, 0.1) is 12.7 Å². The summed E-state index contributed by atoms with van der Waals surface area (Å²) in [5.74, 6) is 0.310. The molecule has 1 amide bonds. The molecule has 1 unspecified atom stereocenters. The van der Waals surface area contributed by atoms with Crippen molar-refractivity contribution >= 4 is 5.91 Å². The van der Waals surface area contributed by atoms with E-state index in [9.17, 15) is 9.18 Å². The summed E-state index contributed by atoms with van der Waals surface area (Å²) < 4.78 is 18.5. The molecule has 1 atom stereocenters. The molecule has 20 heavy (non-hydrogen) atoms. The second kappa shape index (κ2) is 6.70. The smallest absolute Gasteiger partial charge is 0.257 e. The van der Waals surface area contributed by atoms with Gasteiger partial charge in [-0.25, -0.2) is 4.39 Å². The number of carbonyl (C=O) groups is 1. The van der Waals surface area contributed by atoms with Crippen molar-refractivity contribution in [2.75, 3.05) is 33.8 Å². The van der Waals surface area contributed by atoms with Crippen LogP contribution in [0.25, 0.3) is 0 Å². The van der Waals surface area contributed by atoms with Crippen molar-refractivity contribution in [3.63, 3.8) is 0 Å². The van der Waals surface area contributed by atoms with Crippen LogP contribution < -0.4 is 10.1 Å². The highest BCUT2D eigenvalue weighted by Gasteiger charge is 2.26. The molecule has 0 aliphatic carbocycles. The third-order valence-electron chi connectivity index (χ3n) is 3.69. The van der Waals surface area contributed by atoms with Crippen molar-refractivity contribution in [1.82, 2.24) is 10.2 Å². The van der Waals surface area contributed by atoms with Crippen LogP contribution >= 0.6 is 0 Å². The molecule has 0 spiro atoms. The third-order valence-corrected chi connectivity index (χ3v) is 3.69. The minimum absolute atomic E-state index is 0.151. The van der Waals surface area contributed by atoms with Crippen molar-refractivity contribution in [1.29, 1.82) is 0 Å². The Morgan fingerprint density at radius 1 is 1.55 bits per heavy atom.